The molecule has 0 aliphatic carbocycles. The summed E-state index contributed by atoms with van der Waals surface area (Å²) in [6.07, 6.45) is 7.48. The van der Waals surface area contributed by atoms with E-state index in [4.69, 9.17) is 15.7 Å². The molecule has 100 valence electrons. The Balaban J connectivity index is 2.42. The summed E-state index contributed by atoms with van der Waals surface area (Å²) in [6.45, 7) is 2.82. The first-order valence-corrected chi connectivity index (χ1v) is 6.35. The Bertz CT molecular complexity index is 380. The smallest absolute Gasteiger partial charge is 0.192 e. The lowest BCUT2D eigenvalue weighted by Crippen LogP contribution is -2.16. The van der Waals surface area contributed by atoms with Crippen LogP contribution in [0.15, 0.2) is 23.5 Å². The summed E-state index contributed by atoms with van der Waals surface area (Å²) in [4.78, 5) is 4.04. The van der Waals surface area contributed by atoms with Crippen molar-refractivity contribution in [3.05, 3.63) is 24.0 Å². The predicted octanol–water partition coefficient (Wildman–Crippen LogP) is 2.53. The zero-order chi connectivity index (χ0) is 13.2. The molecular weight excluding hydrogens is 230 g/mol. The number of amidine groups is 1. The molecule has 0 aliphatic heterocycles. The van der Waals surface area contributed by atoms with E-state index in [1.807, 2.05) is 0 Å². The van der Waals surface area contributed by atoms with E-state index in [1.165, 1.54) is 19.3 Å². The average Bonchev–Trinajstić information content (AvgIpc) is 2.42. The van der Waals surface area contributed by atoms with Gasteiger partial charge in [0.1, 0.15) is 5.75 Å². The molecule has 1 aromatic heterocycles. The fourth-order valence-electron chi connectivity index (χ4n) is 1.63. The van der Waals surface area contributed by atoms with Crippen LogP contribution in [-0.4, -0.2) is 22.6 Å². The third-order valence-electron chi connectivity index (χ3n) is 2.63. The highest BCUT2D eigenvalue weighted by Gasteiger charge is 2.08. The number of aromatic nitrogens is 1. The standard InChI is InChI=1S/C13H21N3O2/c1-2-3-4-5-6-10-18-11-8-7-9-15-12(11)13(14)16-17/h7-9,17H,2-6,10H2,1H3,(H2,14,16). The molecule has 0 bridgehead atoms. The molecule has 0 aromatic carbocycles. The van der Waals surface area contributed by atoms with E-state index >= 15 is 0 Å². The van der Waals surface area contributed by atoms with Gasteiger partial charge in [-0.05, 0) is 18.6 Å². The number of nitrogens with zero attached hydrogens (tertiary/aromatic N) is 2. The SMILES string of the molecule is CCCCCCCOc1cccnc1/C(N)=N/O. The fraction of sp³-hybridized carbons (Fsp3) is 0.538. The molecular formula is C13H21N3O2. The molecule has 0 atom stereocenters. The molecule has 0 aliphatic rings. The summed E-state index contributed by atoms with van der Waals surface area (Å²) < 4.78 is 5.61. The van der Waals surface area contributed by atoms with Crippen molar-refractivity contribution < 1.29 is 9.94 Å². The molecule has 0 spiro atoms. The summed E-state index contributed by atoms with van der Waals surface area (Å²) in [5.74, 6) is 0.528. The predicted molar refractivity (Wildman–Crippen MR) is 71.0 cm³/mol. The second kappa shape index (κ2) is 8.33. The lowest BCUT2D eigenvalue weighted by Gasteiger charge is -2.09. The zero-order valence-electron chi connectivity index (χ0n) is 10.8. The van der Waals surface area contributed by atoms with E-state index in [1.54, 1.807) is 18.3 Å². The van der Waals surface area contributed by atoms with Crippen molar-refractivity contribution in [2.75, 3.05) is 6.61 Å². The molecule has 3 N–H and O–H groups in total. The van der Waals surface area contributed by atoms with Crippen molar-refractivity contribution >= 4 is 5.84 Å². The van der Waals surface area contributed by atoms with Gasteiger partial charge in [0.2, 0.25) is 0 Å². The number of hydrogen-bond donors (Lipinski definition) is 2. The maximum Gasteiger partial charge on any atom is 0.192 e. The Hall–Kier alpha value is -1.78. The monoisotopic (exact) mass is 251 g/mol. The maximum atomic E-state index is 8.65. The second-order valence-corrected chi connectivity index (χ2v) is 4.10. The van der Waals surface area contributed by atoms with Crippen LogP contribution in [0.5, 0.6) is 5.75 Å². The van der Waals surface area contributed by atoms with Gasteiger partial charge in [-0.3, -0.25) is 0 Å². The van der Waals surface area contributed by atoms with Crippen LogP contribution >= 0.6 is 0 Å². The quantitative estimate of drug-likeness (QED) is 0.244. The molecule has 0 amide bonds. The van der Waals surface area contributed by atoms with Crippen molar-refractivity contribution in [3.8, 4) is 5.75 Å². The summed E-state index contributed by atoms with van der Waals surface area (Å²) in [7, 11) is 0. The normalized spacial score (nSPS) is 11.5. The highest BCUT2D eigenvalue weighted by molar-refractivity contribution is 5.97. The summed E-state index contributed by atoms with van der Waals surface area (Å²) >= 11 is 0. The van der Waals surface area contributed by atoms with E-state index in [9.17, 15) is 0 Å². The largest absolute Gasteiger partial charge is 0.491 e. The molecule has 1 rings (SSSR count). The molecule has 1 heterocycles. The number of ether oxygens (including phenoxy) is 1. The number of hydrogen-bond acceptors (Lipinski definition) is 4. The Kier molecular flexibility index (Phi) is 6.61. The highest BCUT2D eigenvalue weighted by atomic mass is 16.5. The van der Waals surface area contributed by atoms with Gasteiger partial charge >= 0.3 is 0 Å². The Morgan fingerprint density at radius 1 is 1.39 bits per heavy atom. The van der Waals surface area contributed by atoms with Gasteiger partial charge in [0.25, 0.3) is 0 Å². The van der Waals surface area contributed by atoms with Crippen LogP contribution in [0.2, 0.25) is 0 Å². The number of unbranched alkanes of at least 4 members (excludes halogenated alkanes) is 4. The van der Waals surface area contributed by atoms with Gasteiger partial charge in [-0.1, -0.05) is 37.8 Å². The number of rotatable bonds is 8. The van der Waals surface area contributed by atoms with Crippen molar-refractivity contribution in [1.29, 1.82) is 0 Å². The van der Waals surface area contributed by atoms with E-state index in [0.717, 1.165) is 12.8 Å². The van der Waals surface area contributed by atoms with Gasteiger partial charge in [0.05, 0.1) is 6.61 Å². The Labute approximate surface area is 108 Å². The van der Waals surface area contributed by atoms with Crippen LogP contribution in [0.25, 0.3) is 0 Å². The molecule has 5 heteroatoms. The average molecular weight is 251 g/mol. The number of pyridine rings is 1. The molecule has 0 saturated heterocycles. The van der Waals surface area contributed by atoms with E-state index in [-0.39, 0.29) is 5.84 Å². The van der Waals surface area contributed by atoms with E-state index in [2.05, 4.69) is 17.1 Å². The van der Waals surface area contributed by atoms with Gasteiger partial charge < -0.3 is 15.7 Å². The van der Waals surface area contributed by atoms with Crippen molar-refractivity contribution in [2.24, 2.45) is 10.9 Å². The molecule has 18 heavy (non-hydrogen) atoms. The van der Waals surface area contributed by atoms with Crippen LogP contribution in [0, 0.1) is 0 Å². The van der Waals surface area contributed by atoms with Gasteiger partial charge in [-0.15, -0.1) is 0 Å². The zero-order valence-corrected chi connectivity index (χ0v) is 10.8. The van der Waals surface area contributed by atoms with Crippen LogP contribution in [0.3, 0.4) is 0 Å². The highest BCUT2D eigenvalue weighted by Crippen LogP contribution is 2.15. The van der Waals surface area contributed by atoms with Gasteiger partial charge in [0.15, 0.2) is 11.5 Å². The third kappa shape index (κ3) is 4.61. The fourth-order valence-corrected chi connectivity index (χ4v) is 1.63. The lowest BCUT2D eigenvalue weighted by molar-refractivity contribution is 0.300. The van der Waals surface area contributed by atoms with Crippen LogP contribution in [0.4, 0.5) is 0 Å². The lowest BCUT2D eigenvalue weighted by atomic mass is 10.2. The number of oxime groups is 1. The number of nitrogens with two attached hydrogens (primary N) is 1. The minimum atomic E-state index is -0.0309. The van der Waals surface area contributed by atoms with Crippen LogP contribution < -0.4 is 10.5 Å². The first-order valence-electron chi connectivity index (χ1n) is 6.35. The second-order valence-electron chi connectivity index (χ2n) is 4.10. The first-order chi connectivity index (χ1) is 8.79. The summed E-state index contributed by atoms with van der Waals surface area (Å²) in [5.41, 5.74) is 5.91. The molecule has 0 unspecified atom stereocenters. The van der Waals surface area contributed by atoms with Crippen molar-refractivity contribution in [2.45, 2.75) is 39.0 Å². The van der Waals surface area contributed by atoms with Gasteiger partial charge in [-0.2, -0.15) is 0 Å². The van der Waals surface area contributed by atoms with Gasteiger partial charge in [0, 0.05) is 6.20 Å². The molecule has 0 fully saturated rings. The van der Waals surface area contributed by atoms with Crippen molar-refractivity contribution in [1.82, 2.24) is 4.98 Å². The van der Waals surface area contributed by atoms with E-state index < -0.39 is 0 Å². The molecule has 5 nitrogen and oxygen atoms in total. The summed E-state index contributed by atoms with van der Waals surface area (Å²) in [6, 6.07) is 3.53. The molecule has 0 saturated carbocycles. The summed E-state index contributed by atoms with van der Waals surface area (Å²) in [5, 5.41) is 11.6. The minimum Gasteiger partial charge on any atom is -0.491 e. The van der Waals surface area contributed by atoms with Crippen molar-refractivity contribution in [3.63, 3.8) is 0 Å². The van der Waals surface area contributed by atoms with Crippen LogP contribution in [-0.2, 0) is 0 Å². The minimum absolute atomic E-state index is 0.0309. The van der Waals surface area contributed by atoms with Crippen LogP contribution in [0.1, 0.15) is 44.7 Å². The molecule has 0 radical (unpaired) electrons. The topological polar surface area (TPSA) is 80.7 Å². The maximum absolute atomic E-state index is 8.65. The Morgan fingerprint density at radius 3 is 2.89 bits per heavy atom. The molecule has 1 aromatic rings. The van der Waals surface area contributed by atoms with Gasteiger partial charge in [-0.25, -0.2) is 4.98 Å². The first kappa shape index (κ1) is 14.3. The third-order valence-corrected chi connectivity index (χ3v) is 2.63. The Morgan fingerprint density at radius 2 is 2.17 bits per heavy atom. The van der Waals surface area contributed by atoms with E-state index in [0.29, 0.717) is 18.1 Å².